The fraction of sp³-hybridized carbons (Fsp3) is 0.200. The van der Waals surface area contributed by atoms with E-state index in [4.69, 9.17) is 0 Å². The fourth-order valence-electron chi connectivity index (χ4n) is 3.61. The van der Waals surface area contributed by atoms with E-state index in [-0.39, 0.29) is 29.7 Å². The summed E-state index contributed by atoms with van der Waals surface area (Å²) in [5.41, 5.74) is 4.03. The van der Waals surface area contributed by atoms with Crippen LogP contribution in [0.5, 0.6) is 0 Å². The Morgan fingerprint density at radius 3 is 2.59 bits per heavy atom. The standard InChI is InChI=1S/C25H23FN4O3S/c1-16-12-17(2)30(28-16)15-19-4-3-5-20(13-19)23(31)27-10-11-29-24(32)22(34-25(29)33)14-18-6-8-21(26)9-7-18/h3-9,12-14H,10-11,15H2,1-2H3,(H,27,31)/b22-14+. The summed E-state index contributed by atoms with van der Waals surface area (Å²) in [4.78, 5) is 38.9. The van der Waals surface area contributed by atoms with Crippen molar-refractivity contribution in [2.75, 3.05) is 13.1 Å². The van der Waals surface area contributed by atoms with E-state index in [1.807, 2.05) is 36.7 Å². The van der Waals surface area contributed by atoms with E-state index in [2.05, 4.69) is 10.4 Å². The van der Waals surface area contributed by atoms with Crippen molar-refractivity contribution in [1.82, 2.24) is 20.0 Å². The number of hydrogen-bond acceptors (Lipinski definition) is 5. The number of benzene rings is 2. The second-order valence-corrected chi connectivity index (χ2v) is 8.92. The van der Waals surface area contributed by atoms with E-state index in [0.717, 1.165) is 33.6 Å². The van der Waals surface area contributed by atoms with Gasteiger partial charge in [0.2, 0.25) is 0 Å². The topological polar surface area (TPSA) is 84.3 Å². The molecule has 1 fully saturated rings. The van der Waals surface area contributed by atoms with Crippen LogP contribution in [-0.2, 0) is 11.3 Å². The van der Waals surface area contributed by atoms with Crippen LogP contribution >= 0.6 is 11.8 Å². The van der Waals surface area contributed by atoms with Gasteiger partial charge in [0.25, 0.3) is 17.1 Å². The van der Waals surface area contributed by atoms with Crippen molar-refractivity contribution in [3.63, 3.8) is 0 Å². The zero-order chi connectivity index (χ0) is 24.2. The molecule has 0 atom stereocenters. The SMILES string of the molecule is Cc1cc(C)n(Cc2cccc(C(=O)NCCN3C(=O)S/C(=C/c4ccc(F)cc4)C3=O)c2)n1. The first-order chi connectivity index (χ1) is 16.3. The van der Waals surface area contributed by atoms with E-state index in [0.29, 0.717) is 17.7 Å². The number of hydrogen-bond donors (Lipinski definition) is 1. The van der Waals surface area contributed by atoms with Crippen LogP contribution in [0.15, 0.2) is 59.5 Å². The number of nitrogens with zero attached hydrogens (tertiary/aromatic N) is 3. The van der Waals surface area contributed by atoms with Crippen molar-refractivity contribution in [3.8, 4) is 0 Å². The smallest absolute Gasteiger partial charge is 0.293 e. The predicted molar refractivity (Wildman–Crippen MR) is 129 cm³/mol. The zero-order valence-corrected chi connectivity index (χ0v) is 19.6. The van der Waals surface area contributed by atoms with E-state index in [9.17, 15) is 18.8 Å². The van der Waals surface area contributed by atoms with Crippen molar-refractivity contribution >= 4 is 34.9 Å². The van der Waals surface area contributed by atoms with Gasteiger partial charge in [-0.15, -0.1) is 0 Å². The number of halogens is 1. The van der Waals surface area contributed by atoms with Gasteiger partial charge in [0.15, 0.2) is 0 Å². The maximum absolute atomic E-state index is 13.1. The van der Waals surface area contributed by atoms with E-state index in [1.165, 1.54) is 24.3 Å². The van der Waals surface area contributed by atoms with Crippen LogP contribution in [0.1, 0.15) is 32.9 Å². The maximum atomic E-state index is 13.1. The van der Waals surface area contributed by atoms with Gasteiger partial charge in [-0.05, 0) is 73.1 Å². The lowest BCUT2D eigenvalue weighted by molar-refractivity contribution is -0.122. The summed E-state index contributed by atoms with van der Waals surface area (Å²) >= 11 is 0.826. The van der Waals surface area contributed by atoms with Crippen LogP contribution in [0.2, 0.25) is 0 Å². The Morgan fingerprint density at radius 1 is 1.12 bits per heavy atom. The highest BCUT2D eigenvalue weighted by Crippen LogP contribution is 2.31. The molecule has 1 aromatic heterocycles. The van der Waals surface area contributed by atoms with Gasteiger partial charge in [0.1, 0.15) is 5.82 Å². The van der Waals surface area contributed by atoms with Gasteiger partial charge in [0.05, 0.1) is 17.1 Å². The summed E-state index contributed by atoms with van der Waals surface area (Å²) in [6.07, 6.45) is 1.55. The highest BCUT2D eigenvalue weighted by Gasteiger charge is 2.34. The van der Waals surface area contributed by atoms with Crippen LogP contribution in [0.4, 0.5) is 9.18 Å². The molecule has 0 unspecified atom stereocenters. The first-order valence-corrected chi connectivity index (χ1v) is 11.5. The molecule has 1 aliphatic heterocycles. The van der Waals surface area contributed by atoms with Crippen molar-refractivity contribution in [1.29, 1.82) is 0 Å². The molecule has 0 spiro atoms. The Morgan fingerprint density at radius 2 is 1.88 bits per heavy atom. The van der Waals surface area contributed by atoms with Crippen molar-refractivity contribution in [2.45, 2.75) is 20.4 Å². The lowest BCUT2D eigenvalue weighted by atomic mass is 10.1. The van der Waals surface area contributed by atoms with Crippen molar-refractivity contribution < 1.29 is 18.8 Å². The number of carbonyl (C=O) groups excluding carboxylic acids is 3. The Kier molecular flexibility index (Phi) is 6.93. The highest BCUT2D eigenvalue weighted by molar-refractivity contribution is 8.18. The quantitative estimate of drug-likeness (QED) is 0.516. The van der Waals surface area contributed by atoms with Gasteiger partial charge in [-0.2, -0.15) is 5.10 Å². The van der Waals surface area contributed by atoms with Gasteiger partial charge in [-0.25, -0.2) is 4.39 Å². The third kappa shape index (κ3) is 5.43. The number of imide groups is 1. The molecule has 34 heavy (non-hydrogen) atoms. The summed E-state index contributed by atoms with van der Waals surface area (Å²) < 4.78 is 15.0. The molecule has 2 aromatic carbocycles. The van der Waals surface area contributed by atoms with Crippen LogP contribution in [0.25, 0.3) is 6.08 Å². The number of aryl methyl sites for hydroxylation is 2. The lowest BCUT2D eigenvalue weighted by Gasteiger charge is -2.13. The molecular weight excluding hydrogens is 455 g/mol. The highest BCUT2D eigenvalue weighted by atomic mass is 32.2. The lowest BCUT2D eigenvalue weighted by Crippen LogP contribution is -2.37. The van der Waals surface area contributed by atoms with Crippen LogP contribution in [0, 0.1) is 19.7 Å². The molecule has 2 heterocycles. The van der Waals surface area contributed by atoms with E-state index >= 15 is 0 Å². The molecule has 1 saturated heterocycles. The van der Waals surface area contributed by atoms with Crippen LogP contribution < -0.4 is 5.32 Å². The Labute approximate surface area is 200 Å². The van der Waals surface area contributed by atoms with Crippen molar-refractivity contribution in [3.05, 3.63) is 93.4 Å². The molecule has 9 heteroatoms. The number of amides is 3. The normalized spacial score (nSPS) is 14.8. The molecule has 174 valence electrons. The molecule has 1 N–H and O–H groups in total. The monoisotopic (exact) mass is 478 g/mol. The Balaban J connectivity index is 1.34. The minimum absolute atomic E-state index is 0.0581. The van der Waals surface area contributed by atoms with E-state index in [1.54, 1.807) is 18.2 Å². The van der Waals surface area contributed by atoms with Gasteiger partial charge >= 0.3 is 0 Å². The second-order valence-electron chi connectivity index (χ2n) is 7.93. The van der Waals surface area contributed by atoms with Gasteiger partial charge in [-0.1, -0.05) is 24.3 Å². The van der Waals surface area contributed by atoms with E-state index < -0.39 is 11.1 Å². The van der Waals surface area contributed by atoms with Crippen molar-refractivity contribution in [2.24, 2.45) is 0 Å². The first-order valence-electron chi connectivity index (χ1n) is 10.7. The molecule has 3 amide bonds. The number of thioether (sulfide) groups is 1. The third-order valence-electron chi connectivity index (χ3n) is 5.29. The predicted octanol–water partition coefficient (Wildman–Crippen LogP) is 4.15. The third-order valence-corrected chi connectivity index (χ3v) is 6.19. The average molecular weight is 479 g/mol. The molecule has 1 aliphatic rings. The average Bonchev–Trinajstić information content (AvgIpc) is 3.26. The zero-order valence-electron chi connectivity index (χ0n) is 18.7. The summed E-state index contributed by atoms with van der Waals surface area (Å²) in [5, 5.41) is 6.81. The van der Waals surface area contributed by atoms with Gasteiger partial charge in [-0.3, -0.25) is 24.0 Å². The molecule has 7 nitrogen and oxygen atoms in total. The summed E-state index contributed by atoms with van der Waals surface area (Å²) in [5.74, 6) is -1.09. The molecule has 3 aromatic rings. The Hall–Kier alpha value is -3.72. The molecular formula is C25H23FN4O3S. The van der Waals surface area contributed by atoms with Gasteiger partial charge < -0.3 is 5.32 Å². The second kappa shape index (κ2) is 10.0. The number of aromatic nitrogens is 2. The summed E-state index contributed by atoms with van der Waals surface area (Å²) in [7, 11) is 0. The number of nitrogens with one attached hydrogen (secondary N) is 1. The van der Waals surface area contributed by atoms with Gasteiger partial charge in [0, 0.05) is 24.3 Å². The summed E-state index contributed by atoms with van der Waals surface area (Å²) in [6, 6.07) is 14.9. The molecule has 0 aliphatic carbocycles. The Bertz CT molecular complexity index is 1280. The fourth-order valence-corrected chi connectivity index (χ4v) is 4.47. The summed E-state index contributed by atoms with van der Waals surface area (Å²) in [6.45, 7) is 4.66. The largest absolute Gasteiger partial charge is 0.350 e. The molecule has 0 saturated carbocycles. The maximum Gasteiger partial charge on any atom is 0.293 e. The number of rotatable bonds is 7. The van der Waals surface area contributed by atoms with Crippen LogP contribution in [-0.4, -0.2) is 44.8 Å². The van der Waals surface area contributed by atoms with Crippen LogP contribution in [0.3, 0.4) is 0 Å². The molecule has 0 bridgehead atoms. The molecule has 0 radical (unpaired) electrons. The number of carbonyl (C=O) groups is 3. The molecule has 4 rings (SSSR count). The minimum Gasteiger partial charge on any atom is -0.350 e. The first kappa shape index (κ1) is 23.4. The minimum atomic E-state index is -0.430.